The molecule has 1 unspecified atom stereocenters. The van der Waals surface area contributed by atoms with Crippen LogP contribution in [0, 0.1) is 5.82 Å². The number of nitrogens with one attached hydrogen (secondary N) is 1. The molecule has 1 atom stereocenters. The Bertz CT molecular complexity index is 540. The van der Waals surface area contributed by atoms with Gasteiger partial charge < -0.3 is 5.32 Å². The first-order valence-corrected chi connectivity index (χ1v) is 7.48. The van der Waals surface area contributed by atoms with Crippen LogP contribution in [0.4, 0.5) is 4.39 Å². The number of halogens is 1. The Balaban J connectivity index is 2.13. The van der Waals surface area contributed by atoms with Crippen LogP contribution in [0.3, 0.4) is 0 Å². The zero-order valence-corrected chi connectivity index (χ0v) is 13.1. The van der Waals surface area contributed by atoms with Crippen molar-refractivity contribution >= 4 is 0 Å². The molecular weight excluding hydrogens is 261 g/mol. The van der Waals surface area contributed by atoms with Crippen molar-refractivity contribution in [2.45, 2.75) is 38.6 Å². The lowest BCUT2D eigenvalue weighted by Crippen LogP contribution is -2.39. The molecule has 2 aromatic carbocycles. The van der Waals surface area contributed by atoms with Gasteiger partial charge in [0.25, 0.3) is 0 Å². The maximum absolute atomic E-state index is 13.0. The molecular formula is C19H24FN. The minimum absolute atomic E-state index is 0.0931. The summed E-state index contributed by atoms with van der Waals surface area (Å²) < 4.78 is 13.0. The van der Waals surface area contributed by atoms with E-state index in [1.807, 2.05) is 18.2 Å². The Labute approximate surface area is 127 Å². The summed E-state index contributed by atoms with van der Waals surface area (Å²) in [6.07, 6.45) is 0.910. The van der Waals surface area contributed by atoms with Gasteiger partial charge in [-0.1, -0.05) is 42.5 Å². The van der Waals surface area contributed by atoms with Gasteiger partial charge >= 0.3 is 0 Å². The van der Waals surface area contributed by atoms with Crippen LogP contribution in [-0.2, 0) is 6.42 Å². The van der Waals surface area contributed by atoms with Crippen LogP contribution in [0.5, 0.6) is 0 Å². The van der Waals surface area contributed by atoms with Gasteiger partial charge in [0.1, 0.15) is 5.82 Å². The van der Waals surface area contributed by atoms with E-state index in [1.54, 1.807) is 0 Å². The van der Waals surface area contributed by atoms with Gasteiger partial charge in [-0.3, -0.25) is 0 Å². The minimum Gasteiger partial charge on any atom is -0.311 e. The van der Waals surface area contributed by atoms with Crippen LogP contribution in [0.15, 0.2) is 54.6 Å². The van der Waals surface area contributed by atoms with Crippen molar-refractivity contribution < 1.29 is 4.39 Å². The first-order chi connectivity index (χ1) is 9.94. The average molecular weight is 285 g/mol. The third kappa shape index (κ3) is 5.31. The summed E-state index contributed by atoms with van der Waals surface area (Å²) in [6, 6.07) is 17.3. The molecule has 112 valence electrons. The van der Waals surface area contributed by atoms with Gasteiger partial charge in [0.05, 0.1) is 0 Å². The van der Waals surface area contributed by atoms with Gasteiger partial charge in [0.2, 0.25) is 0 Å². The molecule has 0 aliphatic carbocycles. The second-order valence-electron chi connectivity index (χ2n) is 6.57. The van der Waals surface area contributed by atoms with E-state index in [0.717, 1.165) is 13.0 Å². The number of hydrogen-bond donors (Lipinski definition) is 1. The normalized spacial score (nSPS) is 13.1. The molecule has 1 nitrogen and oxygen atoms in total. The van der Waals surface area contributed by atoms with Crippen molar-refractivity contribution in [1.82, 2.24) is 5.32 Å². The molecule has 0 fully saturated rings. The van der Waals surface area contributed by atoms with Crippen LogP contribution in [0.2, 0.25) is 0 Å². The van der Waals surface area contributed by atoms with Gasteiger partial charge in [-0.25, -0.2) is 4.39 Å². The van der Waals surface area contributed by atoms with Crippen LogP contribution < -0.4 is 5.32 Å². The third-order valence-corrected chi connectivity index (χ3v) is 3.55. The monoisotopic (exact) mass is 285 g/mol. The predicted molar refractivity (Wildman–Crippen MR) is 87.0 cm³/mol. The maximum atomic E-state index is 13.0. The number of benzene rings is 2. The van der Waals surface area contributed by atoms with Gasteiger partial charge in [0, 0.05) is 18.0 Å². The molecule has 2 aromatic rings. The molecule has 0 radical (unpaired) electrons. The molecule has 0 amide bonds. The summed E-state index contributed by atoms with van der Waals surface area (Å²) in [6.45, 7) is 7.43. The van der Waals surface area contributed by atoms with Crippen molar-refractivity contribution in [3.8, 4) is 0 Å². The van der Waals surface area contributed by atoms with Crippen molar-refractivity contribution in [3.63, 3.8) is 0 Å². The van der Waals surface area contributed by atoms with E-state index in [2.05, 4.69) is 50.4 Å². The zero-order chi connectivity index (χ0) is 15.3. The van der Waals surface area contributed by atoms with Gasteiger partial charge in [0.15, 0.2) is 0 Å². The molecule has 0 aliphatic rings. The quantitative estimate of drug-likeness (QED) is 0.850. The second kappa shape index (κ2) is 6.86. The highest BCUT2D eigenvalue weighted by Gasteiger charge is 2.16. The summed E-state index contributed by atoms with van der Waals surface area (Å²) in [5, 5.41) is 3.58. The molecule has 2 rings (SSSR count). The van der Waals surface area contributed by atoms with Crippen LogP contribution in [-0.4, -0.2) is 12.1 Å². The SMILES string of the molecule is CC(C)(C)NCC(Cc1ccc(F)cc1)c1ccccc1. The van der Waals surface area contributed by atoms with Crippen LogP contribution in [0.1, 0.15) is 37.8 Å². The van der Waals surface area contributed by atoms with E-state index in [4.69, 9.17) is 0 Å². The highest BCUT2D eigenvalue weighted by Crippen LogP contribution is 2.21. The smallest absolute Gasteiger partial charge is 0.123 e. The van der Waals surface area contributed by atoms with Crippen LogP contribution in [0.25, 0.3) is 0 Å². The molecule has 0 aromatic heterocycles. The summed E-state index contributed by atoms with van der Waals surface area (Å²) in [4.78, 5) is 0. The third-order valence-electron chi connectivity index (χ3n) is 3.55. The molecule has 2 heteroatoms. The Morgan fingerprint density at radius 1 is 0.952 bits per heavy atom. The predicted octanol–water partition coefficient (Wildman–Crippen LogP) is 4.54. The topological polar surface area (TPSA) is 12.0 Å². The van der Waals surface area contributed by atoms with E-state index in [-0.39, 0.29) is 11.4 Å². The van der Waals surface area contributed by atoms with E-state index >= 15 is 0 Å². The van der Waals surface area contributed by atoms with Crippen LogP contribution >= 0.6 is 0 Å². The Morgan fingerprint density at radius 2 is 1.57 bits per heavy atom. The Hall–Kier alpha value is -1.67. The van der Waals surface area contributed by atoms with Crippen molar-refractivity contribution in [2.75, 3.05) is 6.54 Å². The van der Waals surface area contributed by atoms with Gasteiger partial charge in [-0.15, -0.1) is 0 Å². The molecule has 0 spiro atoms. The van der Waals surface area contributed by atoms with Crippen molar-refractivity contribution in [3.05, 3.63) is 71.5 Å². The Morgan fingerprint density at radius 3 is 2.14 bits per heavy atom. The van der Waals surface area contributed by atoms with E-state index < -0.39 is 0 Å². The lowest BCUT2D eigenvalue weighted by Gasteiger charge is -2.26. The molecule has 21 heavy (non-hydrogen) atoms. The number of rotatable bonds is 5. The molecule has 0 saturated carbocycles. The molecule has 0 saturated heterocycles. The summed E-state index contributed by atoms with van der Waals surface area (Å²) in [5.41, 5.74) is 2.58. The molecule has 0 heterocycles. The van der Waals surface area contributed by atoms with E-state index in [0.29, 0.717) is 5.92 Å². The maximum Gasteiger partial charge on any atom is 0.123 e. The van der Waals surface area contributed by atoms with Crippen molar-refractivity contribution in [1.29, 1.82) is 0 Å². The molecule has 0 bridgehead atoms. The first kappa shape index (κ1) is 15.7. The Kier molecular flexibility index (Phi) is 5.13. The van der Waals surface area contributed by atoms with Gasteiger partial charge in [-0.2, -0.15) is 0 Å². The first-order valence-electron chi connectivity index (χ1n) is 7.48. The largest absolute Gasteiger partial charge is 0.311 e. The second-order valence-corrected chi connectivity index (χ2v) is 6.57. The van der Waals surface area contributed by atoms with Crippen molar-refractivity contribution in [2.24, 2.45) is 0 Å². The van der Waals surface area contributed by atoms with E-state index in [1.165, 1.54) is 23.3 Å². The molecule has 1 N–H and O–H groups in total. The number of hydrogen-bond acceptors (Lipinski definition) is 1. The fraction of sp³-hybridized carbons (Fsp3) is 0.368. The minimum atomic E-state index is -0.178. The fourth-order valence-electron chi connectivity index (χ4n) is 2.37. The van der Waals surface area contributed by atoms with Gasteiger partial charge in [-0.05, 0) is 50.5 Å². The summed E-state index contributed by atoms with van der Waals surface area (Å²) in [7, 11) is 0. The van der Waals surface area contributed by atoms with E-state index in [9.17, 15) is 4.39 Å². The summed E-state index contributed by atoms with van der Waals surface area (Å²) >= 11 is 0. The fourth-order valence-corrected chi connectivity index (χ4v) is 2.37. The average Bonchev–Trinajstić information content (AvgIpc) is 2.45. The standard InChI is InChI=1S/C19H24FN/c1-19(2,3)21-14-17(16-7-5-4-6-8-16)13-15-9-11-18(20)12-10-15/h4-12,17,21H,13-14H2,1-3H3. The molecule has 0 aliphatic heterocycles. The summed E-state index contributed by atoms with van der Waals surface area (Å²) in [5.74, 6) is 0.207. The lowest BCUT2D eigenvalue weighted by atomic mass is 9.91. The highest BCUT2D eigenvalue weighted by molar-refractivity contribution is 5.25. The zero-order valence-electron chi connectivity index (χ0n) is 13.1. The highest BCUT2D eigenvalue weighted by atomic mass is 19.1. The lowest BCUT2D eigenvalue weighted by molar-refractivity contribution is 0.405.